The van der Waals surface area contributed by atoms with Crippen molar-refractivity contribution in [3.63, 3.8) is 0 Å². The molecule has 6 nitrogen and oxygen atoms in total. The zero-order chi connectivity index (χ0) is 19.8. The number of hydrogen-bond donors (Lipinski definition) is 2. The van der Waals surface area contributed by atoms with Crippen LogP contribution in [0.15, 0.2) is 39.8 Å². The average molecular weight is 568 g/mol. The molecule has 0 bridgehead atoms. The van der Waals surface area contributed by atoms with E-state index in [0.29, 0.717) is 41.9 Å². The highest BCUT2D eigenvalue weighted by Crippen LogP contribution is 2.38. The van der Waals surface area contributed by atoms with E-state index < -0.39 is 0 Å². The van der Waals surface area contributed by atoms with Crippen LogP contribution in [-0.2, 0) is 13.1 Å². The molecule has 2 rings (SSSR count). The minimum absolute atomic E-state index is 0. The lowest BCUT2D eigenvalue weighted by Gasteiger charge is -2.16. The van der Waals surface area contributed by atoms with Gasteiger partial charge in [-0.3, -0.25) is 4.99 Å². The van der Waals surface area contributed by atoms with Crippen LogP contribution in [0.25, 0.3) is 0 Å². The van der Waals surface area contributed by atoms with Gasteiger partial charge in [-0.25, -0.2) is 4.39 Å². The number of aliphatic imine (C=N–C) groups is 1. The Bertz CT molecular complexity index is 796. The van der Waals surface area contributed by atoms with E-state index in [9.17, 15) is 4.39 Å². The van der Waals surface area contributed by atoms with Crippen molar-refractivity contribution in [1.29, 1.82) is 0 Å². The zero-order valence-corrected chi connectivity index (χ0v) is 20.1. The fourth-order valence-electron chi connectivity index (χ4n) is 2.50. The minimum Gasteiger partial charge on any atom is -0.493 e. The van der Waals surface area contributed by atoms with Crippen LogP contribution >= 0.6 is 39.9 Å². The quantitative estimate of drug-likeness (QED) is 0.300. The molecule has 0 unspecified atom stereocenters. The van der Waals surface area contributed by atoms with Crippen molar-refractivity contribution in [3.8, 4) is 17.2 Å². The molecule has 0 heterocycles. The summed E-state index contributed by atoms with van der Waals surface area (Å²) < 4.78 is 30.7. The molecule has 28 heavy (non-hydrogen) atoms. The highest BCUT2D eigenvalue weighted by Gasteiger charge is 2.13. The lowest BCUT2D eigenvalue weighted by Crippen LogP contribution is -2.36. The number of methoxy groups -OCH3 is 3. The fraction of sp³-hybridized carbons (Fsp3) is 0.316. The van der Waals surface area contributed by atoms with E-state index in [1.54, 1.807) is 40.5 Å². The van der Waals surface area contributed by atoms with E-state index in [-0.39, 0.29) is 29.8 Å². The van der Waals surface area contributed by atoms with Gasteiger partial charge in [-0.05, 0) is 35.9 Å². The van der Waals surface area contributed by atoms with Gasteiger partial charge >= 0.3 is 0 Å². The average Bonchev–Trinajstić information content (AvgIpc) is 2.69. The van der Waals surface area contributed by atoms with Gasteiger partial charge in [0.25, 0.3) is 0 Å². The molecule has 2 aromatic carbocycles. The molecular formula is C19H24BrFIN3O3. The van der Waals surface area contributed by atoms with Crippen molar-refractivity contribution in [2.75, 3.05) is 28.4 Å². The molecule has 0 aliphatic heterocycles. The zero-order valence-electron chi connectivity index (χ0n) is 16.1. The molecule has 2 aromatic rings. The van der Waals surface area contributed by atoms with Gasteiger partial charge in [-0.1, -0.05) is 15.9 Å². The Morgan fingerprint density at radius 1 is 1.00 bits per heavy atom. The van der Waals surface area contributed by atoms with Crippen molar-refractivity contribution in [1.82, 2.24) is 10.6 Å². The number of halogens is 3. The van der Waals surface area contributed by atoms with Gasteiger partial charge in [0.15, 0.2) is 17.5 Å². The Hall–Kier alpha value is -1.75. The number of guanidine groups is 1. The maximum atomic E-state index is 13.9. The summed E-state index contributed by atoms with van der Waals surface area (Å²) in [5, 5.41) is 6.28. The Labute approximate surface area is 190 Å². The fourth-order valence-corrected chi connectivity index (χ4v) is 2.91. The van der Waals surface area contributed by atoms with Crippen LogP contribution < -0.4 is 24.8 Å². The van der Waals surface area contributed by atoms with Gasteiger partial charge < -0.3 is 24.8 Å². The first-order chi connectivity index (χ1) is 13.0. The molecule has 0 atom stereocenters. The van der Waals surface area contributed by atoms with Gasteiger partial charge in [0, 0.05) is 30.2 Å². The van der Waals surface area contributed by atoms with E-state index in [4.69, 9.17) is 14.2 Å². The van der Waals surface area contributed by atoms with Gasteiger partial charge in [0.2, 0.25) is 5.75 Å². The topological polar surface area (TPSA) is 64.1 Å². The Balaban J connectivity index is 0.00000392. The summed E-state index contributed by atoms with van der Waals surface area (Å²) in [7, 11) is 6.36. The van der Waals surface area contributed by atoms with E-state index in [0.717, 1.165) is 10.0 Å². The van der Waals surface area contributed by atoms with Crippen molar-refractivity contribution in [3.05, 3.63) is 51.7 Å². The van der Waals surface area contributed by atoms with Crippen LogP contribution in [0.2, 0.25) is 0 Å². The summed E-state index contributed by atoms with van der Waals surface area (Å²) in [6.45, 7) is 0.775. The molecule has 0 fully saturated rings. The van der Waals surface area contributed by atoms with Crippen LogP contribution in [-0.4, -0.2) is 34.3 Å². The largest absolute Gasteiger partial charge is 0.493 e. The van der Waals surface area contributed by atoms with E-state index >= 15 is 0 Å². The Kier molecular flexibility index (Phi) is 10.4. The molecule has 0 aliphatic carbocycles. The summed E-state index contributed by atoms with van der Waals surface area (Å²) in [5.74, 6) is 1.96. The van der Waals surface area contributed by atoms with E-state index in [1.807, 2.05) is 12.1 Å². The first-order valence-electron chi connectivity index (χ1n) is 8.19. The van der Waals surface area contributed by atoms with Gasteiger partial charge in [-0.15, -0.1) is 24.0 Å². The predicted octanol–water partition coefficient (Wildman–Crippen LogP) is 4.10. The summed E-state index contributed by atoms with van der Waals surface area (Å²) in [6.07, 6.45) is 0. The molecule has 9 heteroatoms. The smallest absolute Gasteiger partial charge is 0.203 e. The van der Waals surface area contributed by atoms with Crippen molar-refractivity contribution < 1.29 is 18.6 Å². The number of benzene rings is 2. The maximum Gasteiger partial charge on any atom is 0.203 e. The summed E-state index contributed by atoms with van der Waals surface area (Å²) >= 11 is 3.35. The highest BCUT2D eigenvalue weighted by atomic mass is 127. The van der Waals surface area contributed by atoms with Crippen LogP contribution in [0.4, 0.5) is 4.39 Å². The maximum absolute atomic E-state index is 13.9. The van der Waals surface area contributed by atoms with Crippen molar-refractivity contribution in [2.24, 2.45) is 4.99 Å². The van der Waals surface area contributed by atoms with E-state index in [2.05, 4.69) is 31.6 Å². The van der Waals surface area contributed by atoms with Gasteiger partial charge in [0.05, 0.1) is 21.3 Å². The van der Waals surface area contributed by atoms with E-state index in [1.165, 1.54) is 6.07 Å². The minimum atomic E-state index is -0.272. The van der Waals surface area contributed by atoms with Crippen LogP contribution in [0.1, 0.15) is 11.1 Å². The third-order valence-corrected chi connectivity index (χ3v) is 4.36. The standard InChI is InChI=1S/C19H23BrFN3O3.HI/c1-22-19(24-11-13-9-14(20)5-6-15(13)21)23-10-12-7-16(25-2)18(27-4)17(8-12)26-3;/h5-9H,10-11H2,1-4H3,(H2,22,23,24);1H. The summed E-state index contributed by atoms with van der Waals surface area (Å²) in [4.78, 5) is 4.16. The normalized spacial score (nSPS) is 10.7. The molecule has 0 saturated heterocycles. The molecule has 0 amide bonds. The third-order valence-electron chi connectivity index (χ3n) is 3.86. The summed E-state index contributed by atoms with van der Waals surface area (Å²) in [6, 6.07) is 8.53. The number of ether oxygens (including phenoxy) is 3. The lowest BCUT2D eigenvalue weighted by molar-refractivity contribution is 0.323. The number of hydrogen-bond acceptors (Lipinski definition) is 4. The Morgan fingerprint density at radius 3 is 2.14 bits per heavy atom. The number of nitrogens with zero attached hydrogens (tertiary/aromatic N) is 1. The molecular weight excluding hydrogens is 544 g/mol. The second-order valence-corrected chi connectivity index (χ2v) is 6.46. The van der Waals surface area contributed by atoms with Gasteiger partial charge in [0.1, 0.15) is 5.82 Å². The second kappa shape index (κ2) is 11.9. The third kappa shape index (κ3) is 6.40. The van der Waals surface area contributed by atoms with Crippen molar-refractivity contribution in [2.45, 2.75) is 13.1 Å². The first kappa shape index (κ1) is 24.3. The molecule has 0 saturated carbocycles. The number of nitrogens with one attached hydrogen (secondary N) is 2. The monoisotopic (exact) mass is 567 g/mol. The van der Waals surface area contributed by atoms with Crippen molar-refractivity contribution >= 4 is 45.9 Å². The SMILES string of the molecule is CN=C(NCc1cc(OC)c(OC)c(OC)c1)NCc1cc(Br)ccc1F.I. The second-order valence-electron chi connectivity index (χ2n) is 5.55. The van der Waals surface area contributed by atoms with Crippen LogP contribution in [0, 0.1) is 5.82 Å². The van der Waals surface area contributed by atoms with Crippen LogP contribution in [0.5, 0.6) is 17.2 Å². The molecule has 2 N–H and O–H groups in total. The molecule has 0 spiro atoms. The molecule has 154 valence electrons. The summed E-state index contributed by atoms with van der Waals surface area (Å²) in [5.41, 5.74) is 1.46. The molecule has 0 aliphatic rings. The number of rotatable bonds is 7. The Morgan fingerprint density at radius 2 is 1.61 bits per heavy atom. The lowest BCUT2D eigenvalue weighted by atomic mass is 10.2. The van der Waals surface area contributed by atoms with Crippen LogP contribution in [0.3, 0.4) is 0 Å². The highest BCUT2D eigenvalue weighted by molar-refractivity contribution is 14.0. The first-order valence-corrected chi connectivity index (χ1v) is 8.99. The predicted molar refractivity (Wildman–Crippen MR) is 123 cm³/mol. The molecule has 0 radical (unpaired) electrons. The van der Waals surface area contributed by atoms with Gasteiger partial charge in [-0.2, -0.15) is 0 Å². The molecule has 0 aromatic heterocycles.